The summed E-state index contributed by atoms with van der Waals surface area (Å²) < 4.78 is 2.70. The summed E-state index contributed by atoms with van der Waals surface area (Å²) in [6.45, 7) is 2.04. The molecule has 0 aliphatic heterocycles. The summed E-state index contributed by atoms with van der Waals surface area (Å²) in [4.78, 5) is 4.80. The molecule has 114 valence electrons. The predicted octanol–water partition coefficient (Wildman–Crippen LogP) is 3.33. The van der Waals surface area contributed by atoms with Gasteiger partial charge in [-0.2, -0.15) is 9.61 Å². The first-order valence-corrected chi connectivity index (χ1v) is 8.40. The Bertz CT molecular complexity index is 621. The van der Waals surface area contributed by atoms with Crippen molar-refractivity contribution in [2.45, 2.75) is 51.0 Å². The fourth-order valence-electron chi connectivity index (χ4n) is 2.96. The van der Waals surface area contributed by atoms with Gasteiger partial charge >= 0.3 is 0 Å². The number of aliphatic hydroxyl groups is 1. The van der Waals surface area contributed by atoms with E-state index in [1.165, 1.54) is 32.1 Å². The van der Waals surface area contributed by atoms with Crippen molar-refractivity contribution in [1.82, 2.24) is 14.6 Å². The molecule has 0 aromatic carbocycles. The highest BCUT2D eigenvalue weighted by molar-refractivity contribution is 9.10. The van der Waals surface area contributed by atoms with Crippen LogP contribution in [0.4, 0.5) is 5.82 Å². The molecule has 2 N–H and O–H groups in total. The zero-order valence-electron chi connectivity index (χ0n) is 12.2. The molecule has 2 aromatic heterocycles. The molecule has 1 aliphatic rings. The third kappa shape index (κ3) is 3.06. The SMILES string of the molecule is CC(CO)Nc1cc(C2CCCCC2)nc2c(Br)cnn12. The van der Waals surface area contributed by atoms with Crippen molar-refractivity contribution in [1.29, 1.82) is 0 Å². The number of hydrogen-bond acceptors (Lipinski definition) is 4. The van der Waals surface area contributed by atoms with Crippen molar-refractivity contribution in [2.75, 3.05) is 11.9 Å². The molecule has 1 fully saturated rings. The second-order valence-electron chi connectivity index (χ2n) is 5.86. The summed E-state index contributed by atoms with van der Waals surface area (Å²) >= 11 is 3.52. The normalized spacial score (nSPS) is 18.0. The molecule has 0 radical (unpaired) electrons. The molecule has 2 aromatic rings. The van der Waals surface area contributed by atoms with Crippen molar-refractivity contribution in [3.8, 4) is 0 Å². The van der Waals surface area contributed by atoms with E-state index in [2.05, 4.69) is 32.4 Å². The highest BCUT2D eigenvalue weighted by Gasteiger charge is 2.20. The van der Waals surface area contributed by atoms with E-state index in [9.17, 15) is 5.11 Å². The monoisotopic (exact) mass is 352 g/mol. The molecule has 1 unspecified atom stereocenters. The lowest BCUT2D eigenvalue weighted by molar-refractivity contribution is 0.281. The first-order chi connectivity index (χ1) is 10.2. The lowest BCUT2D eigenvalue weighted by Crippen LogP contribution is -2.22. The largest absolute Gasteiger partial charge is 0.394 e. The van der Waals surface area contributed by atoms with E-state index >= 15 is 0 Å². The number of aliphatic hydroxyl groups excluding tert-OH is 1. The molecule has 1 saturated carbocycles. The minimum atomic E-state index is -0.0159. The predicted molar refractivity (Wildman–Crippen MR) is 86.7 cm³/mol. The Labute approximate surface area is 132 Å². The molecule has 6 heteroatoms. The second kappa shape index (κ2) is 6.32. The molecule has 0 saturated heterocycles. The van der Waals surface area contributed by atoms with E-state index in [0.29, 0.717) is 5.92 Å². The minimum Gasteiger partial charge on any atom is -0.394 e. The minimum absolute atomic E-state index is 0.0159. The van der Waals surface area contributed by atoms with Gasteiger partial charge in [-0.15, -0.1) is 0 Å². The van der Waals surface area contributed by atoms with Crippen LogP contribution in [0.25, 0.3) is 5.65 Å². The van der Waals surface area contributed by atoms with Gasteiger partial charge in [-0.1, -0.05) is 19.3 Å². The van der Waals surface area contributed by atoms with Crippen molar-refractivity contribution in [2.24, 2.45) is 0 Å². The Morgan fingerprint density at radius 1 is 1.43 bits per heavy atom. The molecule has 0 bridgehead atoms. The van der Waals surface area contributed by atoms with Gasteiger partial charge in [0.25, 0.3) is 0 Å². The average molecular weight is 353 g/mol. The van der Waals surface area contributed by atoms with E-state index in [1.807, 2.05) is 6.92 Å². The van der Waals surface area contributed by atoms with Crippen LogP contribution in [0.2, 0.25) is 0 Å². The number of halogens is 1. The van der Waals surface area contributed by atoms with Crippen molar-refractivity contribution < 1.29 is 5.11 Å². The van der Waals surface area contributed by atoms with E-state index in [-0.39, 0.29) is 12.6 Å². The third-order valence-electron chi connectivity index (χ3n) is 4.14. The molecule has 0 amide bonds. The van der Waals surface area contributed by atoms with Crippen LogP contribution >= 0.6 is 15.9 Å². The molecule has 1 atom stereocenters. The Morgan fingerprint density at radius 2 is 2.19 bits per heavy atom. The fourth-order valence-corrected chi connectivity index (χ4v) is 3.31. The highest BCUT2D eigenvalue weighted by Crippen LogP contribution is 2.33. The lowest BCUT2D eigenvalue weighted by Gasteiger charge is -2.22. The number of nitrogens with one attached hydrogen (secondary N) is 1. The van der Waals surface area contributed by atoms with Crippen LogP contribution in [0.5, 0.6) is 0 Å². The molecule has 3 rings (SSSR count). The van der Waals surface area contributed by atoms with E-state index < -0.39 is 0 Å². The van der Waals surface area contributed by atoms with Crippen LogP contribution in [-0.4, -0.2) is 32.4 Å². The van der Waals surface area contributed by atoms with Gasteiger partial charge in [0.2, 0.25) is 0 Å². The standard InChI is InChI=1S/C15H21BrN4O/c1-10(9-21)18-14-7-13(11-5-3-2-4-6-11)19-15-12(16)8-17-20(14)15/h7-8,10-11,18,21H,2-6,9H2,1H3. The number of anilines is 1. The zero-order valence-corrected chi connectivity index (χ0v) is 13.8. The van der Waals surface area contributed by atoms with Crippen molar-refractivity contribution in [3.63, 3.8) is 0 Å². The molecule has 2 heterocycles. The van der Waals surface area contributed by atoms with Gasteiger partial charge in [0.15, 0.2) is 5.65 Å². The lowest BCUT2D eigenvalue weighted by atomic mass is 9.87. The van der Waals surface area contributed by atoms with E-state index in [0.717, 1.165) is 21.6 Å². The molecule has 5 nitrogen and oxygen atoms in total. The summed E-state index contributed by atoms with van der Waals surface area (Å²) in [5, 5.41) is 16.9. The summed E-state index contributed by atoms with van der Waals surface area (Å²) in [6.07, 6.45) is 8.10. The van der Waals surface area contributed by atoms with Crippen LogP contribution in [0.15, 0.2) is 16.7 Å². The number of hydrogen-bond donors (Lipinski definition) is 2. The Hall–Kier alpha value is -1.14. The Kier molecular flexibility index (Phi) is 4.45. The van der Waals surface area contributed by atoms with Crippen LogP contribution < -0.4 is 5.32 Å². The summed E-state index contributed by atoms with van der Waals surface area (Å²) in [5.41, 5.74) is 1.97. The average Bonchev–Trinajstić information content (AvgIpc) is 2.90. The number of rotatable bonds is 4. The van der Waals surface area contributed by atoms with Gasteiger partial charge in [0, 0.05) is 23.7 Å². The molecular weight excluding hydrogens is 332 g/mol. The quantitative estimate of drug-likeness (QED) is 0.885. The maximum absolute atomic E-state index is 9.27. The summed E-state index contributed by atoms with van der Waals surface area (Å²) in [6, 6.07) is 2.08. The second-order valence-corrected chi connectivity index (χ2v) is 6.71. The summed E-state index contributed by atoms with van der Waals surface area (Å²) in [7, 11) is 0. The smallest absolute Gasteiger partial charge is 0.171 e. The topological polar surface area (TPSA) is 62.5 Å². The molecular formula is C15H21BrN4O. The maximum atomic E-state index is 9.27. The third-order valence-corrected chi connectivity index (χ3v) is 4.70. The van der Waals surface area contributed by atoms with Crippen molar-refractivity contribution in [3.05, 3.63) is 22.4 Å². The van der Waals surface area contributed by atoms with Crippen LogP contribution in [0.1, 0.15) is 50.6 Å². The fraction of sp³-hybridized carbons (Fsp3) is 0.600. The van der Waals surface area contributed by atoms with Crippen molar-refractivity contribution >= 4 is 27.4 Å². The van der Waals surface area contributed by atoms with Gasteiger partial charge < -0.3 is 10.4 Å². The first-order valence-electron chi connectivity index (χ1n) is 7.60. The first kappa shape index (κ1) is 14.8. The highest BCUT2D eigenvalue weighted by atomic mass is 79.9. The van der Waals surface area contributed by atoms with Gasteiger partial charge in [-0.05, 0) is 35.7 Å². The van der Waals surface area contributed by atoms with Gasteiger partial charge in [-0.3, -0.25) is 0 Å². The van der Waals surface area contributed by atoms with Crippen LogP contribution in [-0.2, 0) is 0 Å². The van der Waals surface area contributed by atoms with Crippen LogP contribution in [0, 0.1) is 0 Å². The molecule has 0 spiro atoms. The molecule has 1 aliphatic carbocycles. The number of nitrogens with zero attached hydrogens (tertiary/aromatic N) is 3. The number of fused-ring (bicyclic) bond motifs is 1. The van der Waals surface area contributed by atoms with Gasteiger partial charge in [-0.25, -0.2) is 4.98 Å². The maximum Gasteiger partial charge on any atom is 0.171 e. The Morgan fingerprint density at radius 3 is 2.90 bits per heavy atom. The molecule has 21 heavy (non-hydrogen) atoms. The number of aromatic nitrogens is 3. The Balaban J connectivity index is 2.02. The van der Waals surface area contributed by atoms with Gasteiger partial charge in [0.1, 0.15) is 5.82 Å². The van der Waals surface area contributed by atoms with Gasteiger partial charge in [0.05, 0.1) is 17.3 Å². The van der Waals surface area contributed by atoms with E-state index in [1.54, 1.807) is 10.7 Å². The zero-order chi connectivity index (χ0) is 14.8. The van der Waals surface area contributed by atoms with Crippen LogP contribution in [0.3, 0.4) is 0 Å². The summed E-state index contributed by atoms with van der Waals surface area (Å²) in [5.74, 6) is 1.43. The van der Waals surface area contributed by atoms with E-state index in [4.69, 9.17) is 4.98 Å².